The zero-order valence-corrected chi connectivity index (χ0v) is 16.4. The standard InChI is InChI=1S/C22H30N2O2/c1-16-13-14-17-9-5-6-10-18(17)22(16)26-15-21(25)24(4)20-12-8-7-11-19(20)23(2)3/h5-6,9-10,13-14,19-20H,7-8,11-12,15H2,1-4H3. The van der Waals surface area contributed by atoms with E-state index in [0.29, 0.717) is 6.04 Å². The molecule has 2 aromatic carbocycles. The molecular weight excluding hydrogens is 324 g/mol. The number of ether oxygens (including phenoxy) is 1. The van der Waals surface area contributed by atoms with Gasteiger partial charge in [-0.05, 0) is 44.8 Å². The van der Waals surface area contributed by atoms with Gasteiger partial charge in [0.15, 0.2) is 6.61 Å². The zero-order valence-electron chi connectivity index (χ0n) is 16.4. The van der Waals surface area contributed by atoms with Gasteiger partial charge in [-0.3, -0.25) is 4.79 Å². The van der Waals surface area contributed by atoms with Gasteiger partial charge in [-0.2, -0.15) is 0 Å². The Balaban J connectivity index is 1.72. The summed E-state index contributed by atoms with van der Waals surface area (Å²) in [6.07, 6.45) is 4.65. The van der Waals surface area contributed by atoms with Crippen molar-refractivity contribution in [1.82, 2.24) is 9.80 Å². The molecule has 2 unspecified atom stereocenters. The number of hydrogen-bond acceptors (Lipinski definition) is 3. The van der Waals surface area contributed by atoms with E-state index < -0.39 is 0 Å². The fourth-order valence-electron chi connectivity index (χ4n) is 4.11. The zero-order chi connectivity index (χ0) is 18.7. The van der Waals surface area contributed by atoms with Gasteiger partial charge in [-0.15, -0.1) is 0 Å². The third-order valence-electron chi connectivity index (χ3n) is 5.66. The van der Waals surface area contributed by atoms with Crippen molar-refractivity contribution in [1.29, 1.82) is 0 Å². The molecule has 0 heterocycles. The smallest absolute Gasteiger partial charge is 0.260 e. The summed E-state index contributed by atoms with van der Waals surface area (Å²) in [6, 6.07) is 13.0. The van der Waals surface area contributed by atoms with E-state index in [9.17, 15) is 4.79 Å². The molecule has 0 N–H and O–H groups in total. The minimum atomic E-state index is 0.0519. The number of fused-ring (bicyclic) bond motifs is 1. The second-order valence-corrected chi connectivity index (χ2v) is 7.61. The summed E-state index contributed by atoms with van der Waals surface area (Å²) in [5, 5.41) is 2.20. The summed E-state index contributed by atoms with van der Waals surface area (Å²) in [7, 11) is 6.14. The van der Waals surface area contributed by atoms with Crippen LogP contribution in [0, 0.1) is 6.92 Å². The molecule has 1 amide bonds. The summed E-state index contributed by atoms with van der Waals surface area (Å²) in [5.41, 5.74) is 1.06. The molecule has 0 spiro atoms. The lowest BCUT2D eigenvalue weighted by Crippen LogP contribution is -2.52. The molecule has 0 aliphatic heterocycles. The summed E-state index contributed by atoms with van der Waals surface area (Å²) < 4.78 is 6.01. The van der Waals surface area contributed by atoms with E-state index in [4.69, 9.17) is 4.74 Å². The van der Waals surface area contributed by atoms with Crippen molar-refractivity contribution in [2.75, 3.05) is 27.7 Å². The van der Waals surface area contributed by atoms with Gasteiger partial charge in [0.05, 0.1) is 0 Å². The Morgan fingerprint density at radius 3 is 2.46 bits per heavy atom. The molecule has 4 heteroatoms. The van der Waals surface area contributed by atoms with Crippen LogP contribution in [0.15, 0.2) is 36.4 Å². The molecular formula is C22H30N2O2. The van der Waals surface area contributed by atoms with Crippen LogP contribution in [-0.4, -0.2) is 55.5 Å². The Kier molecular flexibility index (Phi) is 5.82. The van der Waals surface area contributed by atoms with Gasteiger partial charge in [0, 0.05) is 24.5 Å². The van der Waals surface area contributed by atoms with Crippen LogP contribution in [0.5, 0.6) is 5.75 Å². The van der Waals surface area contributed by atoms with Gasteiger partial charge in [-0.1, -0.05) is 49.2 Å². The molecule has 1 aliphatic rings. The van der Waals surface area contributed by atoms with E-state index >= 15 is 0 Å². The fourth-order valence-corrected chi connectivity index (χ4v) is 4.11. The van der Waals surface area contributed by atoms with Crippen molar-refractivity contribution in [2.45, 2.75) is 44.7 Å². The Morgan fingerprint density at radius 1 is 1.04 bits per heavy atom. The van der Waals surface area contributed by atoms with E-state index in [1.807, 2.05) is 31.0 Å². The van der Waals surface area contributed by atoms with Crippen LogP contribution in [0.25, 0.3) is 10.8 Å². The molecule has 0 bridgehead atoms. The second-order valence-electron chi connectivity index (χ2n) is 7.61. The SMILES string of the molecule is Cc1ccc2ccccc2c1OCC(=O)N(C)C1CCCCC1N(C)C. The number of carbonyl (C=O) groups is 1. The van der Waals surface area contributed by atoms with E-state index in [2.05, 4.69) is 43.3 Å². The Bertz CT molecular complexity index is 772. The molecule has 0 radical (unpaired) electrons. The van der Waals surface area contributed by atoms with Crippen molar-refractivity contribution >= 4 is 16.7 Å². The van der Waals surface area contributed by atoms with Crippen molar-refractivity contribution < 1.29 is 9.53 Å². The lowest BCUT2D eigenvalue weighted by Gasteiger charge is -2.41. The number of likely N-dealkylation sites (N-methyl/N-ethyl adjacent to an activating group) is 2. The number of rotatable bonds is 5. The third kappa shape index (κ3) is 3.85. The Hall–Kier alpha value is -2.07. The first-order valence-electron chi connectivity index (χ1n) is 9.52. The number of aryl methyl sites for hydroxylation is 1. The maximum Gasteiger partial charge on any atom is 0.260 e. The number of hydrogen-bond donors (Lipinski definition) is 0. The van der Waals surface area contributed by atoms with Crippen molar-refractivity contribution in [2.24, 2.45) is 0 Å². The fraction of sp³-hybridized carbons (Fsp3) is 0.500. The highest BCUT2D eigenvalue weighted by molar-refractivity contribution is 5.90. The molecule has 26 heavy (non-hydrogen) atoms. The maximum atomic E-state index is 12.8. The van der Waals surface area contributed by atoms with Crippen LogP contribution < -0.4 is 4.74 Å². The monoisotopic (exact) mass is 354 g/mol. The summed E-state index contributed by atoms with van der Waals surface area (Å²) in [4.78, 5) is 17.0. The Morgan fingerprint density at radius 2 is 1.73 bits per heavy atom. The Labute approximate surface area is 156 Å². The molecule has 0 saturated heterocycles. The average molecular weight is 354 g/mol. The number of nitrogens with zero attached hydrogens (tertiary/aromatic N) is 2. The van der Waals surface area contributed by atoms with Gasteiger partial charge >= 0.3 is 0 Å². The minimum absolute atomic E-state index is 0.0519. The molecule has 4 nitrogen and oxygen atoms in total. The maximum absolute atomic E-state index is 12.8. The predicted octanol–water partition coefficient (Wildman–Crippen LogP) is 3.86. The van der Waals surface area contributed by atoms with Crippen molar-refractivity contribution in [3.8, 4) is 5.75 Å². The molecule has 2 atom stereocenters. The minimum Gasteiger partial charge on any atom is -0.483 e. The highest BCUT2D eigenvalue weighted by Gasteiger charge is 2.32. The van der Waals surface area contributed by atoms with Crippen LogP contribution >= 0.6 is 0 Å². The van der Waals surface area contributed by atoms with Crippen LogP contribution in [0.2, 0.25) is 0 Å². The first-order chi connectivity index (χ1) is 12.5. The summed E-state index contributed by atoms with van der Waals surface area (Å²) in [6.45, 7) is 2.11. The van der Waals surface area contributed by atoms with Crippen LogP contribution in [0.3, 0.4) is 0 Å². The largest absolute Gasteiger partial charge is 0.483 e. The molecule has 3 rings (SSSR count). The normalized spacial score (nSPS) is 20.3. The van der Waals surface area contributed by atoms with Crippen molar-refractivity contribution in [3.63, 3.8) is 0 Å². The average Bonchev–Trinajstić information content (AvgIpc) is 2.66. The lowest BCUT2D eigenvalue weighted by molar-refractivity contribution is -0.136. The van der Waals surface area contributed by atoms with Crippen molar-refractivity contribution in [3.05, 3.63) is 42.0 Å². The summed E-state index contributed by atoms with van der Waals surface area (Å²) in [5.74, 6) is 0.869. The van der Waals surface area contributed by atoms with Gasteiger partial charge in [0.25, 0.3) is 5.91 Å². The van der Waals surface area contributed by atoms with E-state index in [1.165, 1.54) is 12.8 Å². The molecule has 1 saturated carbocycles. The number of amides is 1. The number of benzene rings is 2. The molecule has 0 aromatic heterocycles. The first kappa shape index (κ1) is 18.7. The van der Waals surface area contributed by atoms with Gasteiger partial charge in [-0.25, -0.2) is 0 Å². The van der Waals surface area contributed by atoms with Crippen LogP contribution in [-0.2, 0) is 4.79 Å². The van der Waals surface area contributed by atoms with Gasteiger partial charge in [0.1, 0.15) is 5.75 Å². The van der Waals surface area contributed by atoms with Crippen LogP contribution in [0.4, 0.5) is 0 Å². The third-order valence-corrected chi connectivity index (χ3v) is 5.66. The molecule has 1 aliphatic carbocycles. The quantitative estimate of drug-likeness (QED) is 0.817. The van der Waals surface area contributed by atoms with Crippen LogP contribution in [0.1, 0.15) is 31.2 Å². The summed E-state index contributed by atoms with van der Waals surface area (Å²) >= 11 is 0. The predicted molar refractivity (Wildman–Crippen MR) is 107 cm³/mol. The molecule has 1 fully saturated rings. The molecule has 140 valence electrons. The van der Waals surface area contributed by atoms with E-state index in [1.54, 1.807) is 0 Å². The molecule has 2 aromatic rings. The second kappa shape index (κ2) is 8.09. The highest BCUT2D eigenvalue weighted by Crippen LogP contribution is 2.30. The van der Waals surface area contributed by atoms with Gasteiger partial charge < -0.3 is 14.5 Å². The topological polar surface area (TPSA) is 32.8 Å². The van der Waals surface area contributed by atoms with Gasteiger partial charge in [0.2, 0.25) is 0 Å². The first-order valence-corrected chi connectivity index (χ1v) is 9.52. The van der Waals surface area contributed by atoms with E-state index in [0.717, 1.165) is 34.9 Å². The van der Waals surface area contributed by atoms with E-state index in [-0.39, 0.29) is 18.6 Å². The number of carbonyl (C=O) groups excluding carboxylic acids is 1. The lowest BCUT2D eigenvalue weighted by atomic mass is 9.88. The highest BCUT2D eigenvalue weighted by atomic mass is 16.5.